The van der Waals surface area contributed by atoms with E-state index in [0.717, 1.165) is 35.9 Å². The third-order valence-corrected chi connectivity index (χ3v) is 4.72. The van der Waals surface area contributed by atoms with Gasteiger partial charge in [0.25, 0.3) is 0 Å². The minimum atomic E-state index is 0.571. The highest BCUT2D eigenvalue weighted by Gasteiger charge is 2.23. The van der Waals surface area contributed by atoms with Crippen molar-refractivity contribution in [3.63, 3.8) is 0 Å². The summed E-state index contributed by atoms with van der Waals surface area (Å²) in [5.41, 5.74) is 3.30. The van der Waals surface area contributed by atoms with Crippen LogP contribution in [0, 0.1) is 0 Å². The number of hydrogen-bond donors (Lipinski definition) is 0. The molecule has 4 nitrogen and oxygen atoms in total. The lowest BCUT2D eigenvalue weighted by molar-refractivity contribution is 0.331. The predicted octanol–water partition coefficient (Wildman–Crippen LogP) is 3.97. The summed E-state index contributed by atoms with van der Waals surface area (Å²) in [6.07, 6.45) is 4.37. The van der Waals surface area contributed by atoms with Crippen molar-refractivity contribution in [2.24, 2.45) is 0 Å². The Bertz CT molecular complexity index is 853. The van der Waals surface area contributed by atoms with Crippen LogP contribution in [0.1, 0.15) is 16.9 Å². The highest BCUT2D eigenvalue weighted by molar-refractivity contribution is 6.32. The molecule has 22 heavy (non-hydrogen) atoms. The molecule has 0 saturated carbocycles. The lowest BCUT2D eigenvalue weighted by atomic mass is 10.0. The first-order chi connectivity index (χ1) is 10.6. The van der Waals surface area contributed by atoms with Crippen molar-refractivity contribution in [3.8, 4) is 0 Å². The molecular formula is C16H15Cl2N3O. The van der Waals surface area contributed by atoms with Crippen LogP contribution in [-0.4, -0.2) is 28.3 Å². The van der Waals surface area contributed by atoms with E-state index >= 15 is 0 Å². The molecule has 0 unspecified atom stereocenters. The number of aromatic nitrogens is 2. The molecular weight excluding hydrogens is 321 g/mol. The van der Waals surface area contributed by atoms with Gasteiger partial charge in [-0.25, -0.2) is 0 Å². The molecule has 0 bridgehead atoms. The van der Waals surface area contributed by atoms with Gasteiger partial charge in [-0.15, -0.1) is 0 Å². The first-order valence-corrected chi connectivity index (χ1v) is 7.95. The van der Waals surface area contributed by atoms with E-state index < -0.39 is 0 Å². The summed E-state index contributed by atoms with van der Waals surface area (Å²) in [7, 11) is 2.12. The van der Waals surface area contributed by atoms with Crippen molar-refractivity contribution in [3.05, 3.63) is 51.5 Å². The standard InChI is InChI=1S/C16H15Cl2N3O/c1-20-5-4-11-13(18)2-3-14-16(11)12(8-20)15(22-14)9-21-7-10(17)6-19-21/h2-3,6-7H,4-5,8-9H2,1H3. The van der Waals surface area contributed by atoms with E-state index in [-0.39, 0.29) is 0 Å². The summed E-state index contributed by atoms with van der Waals surface area (Å²) in [5, 5.41) is 6.86. The fraction of sp³-hybridized carbons (Fsp3) is 0.312. The molecule has 114 valence electrons. The maximum atomic E-state index is 6.41. The maximum absolute atomic E-state index is 6.41. The summed E-state index contributed by atoms with van der Waals surface area (Å²) >= 11 is 12.4. The van der Waals surface area contributed by atoms with Crippen molar-refractivity contribution in [2.75, 3.05) is 13.6 Å². The minimum Gasteiger partial charge on any atom is -0.459 e. The highest BCUT2D eigenvalue weighted by Crippen LogP contribution is 2.36. The van der Waals surface area contributed by atoms with Crippen LogP contribution in [0.3, 0.4) is 0 Å². The monoisotopic (exact) mass is 335 g/mol. The number of furan rings is 1. The Morgan fingerprint density at radius 1 is 1.27 bits per heavy atom. The van der Waals surface area contributed by atoms with Gasteiger partial charge in [-0.1, -0.05) is 23.2 Å². The molecule has 1 aliphatic heterocycles. The van der Waals surface area contributed by atoms with Crippen LogP contribution in [0.15, 0.2) is 28.9 Å². The van der Waals surface area contributed by atoms with Crippen LogP contribution >= 0.6 is 23.2 Å². The van der Waals surface area contributed by atoms with E-state index in [1.54, 1.807) is 17.1 Å². The topological polar surface area (TPSA) is 34.2 Å². The van der Waals surface area contributed by atoms with Crippen LogP contribution in [0.2, 0.25) is 10.0 Å². The second kappa shape index (κ2) is 5.30. The fourth-order valence-corrected chi connectivity index (χ4v) is 3.52. The zero-order chi connectivity index (χ0) is 15.3. The number of likely N-dealkylation sites (N-methyl/N-ethyl adjacent to an activating group) is 1. The Morgan fingerprint density at radius 3 is 2.91 bits per heavy atom. The van der Waals surface area contributed by atoms with Crippen molar-refractivity contribution < 1.29 is 4.42 Å². The number of rotatable bonds is 2. The number of nitrogens with zero attached hydrogens (tertiary/aromatic N) is 3. The second-order valence-electron chi connectivity index (χ2n) is 5.75. The maximum Gasteiger partial charge on any atom is 0.135 e. The van der Waals surface area contributed by atoms with Gasteiger partial charge in [0, 0.05) is 35.3 Å². The Hall–Kier alpha value is -1.49. The van der Waals surface area contributed by atoms with Gasteiger partial charge in [-0.3, -0.25) is 4.68 Å². The Balaban J connectivity index is 1.88. The largest absolute Gasteiger partial charge is 0.459 e. The van der Waals surface area contributed by atoms with E-state index in [0.29, 0.717) is 11.6 Å². The molecule has 4 rings (SSSR count). The molecule has 0 spiro atoms. The van der Waals surface area contributed by atoms with Gasteiger partial charge >= 0.3 is 0 Å². The molecule has 3 heterocycles. The summed E-state index contributed by atoms with van der Waals surface area (Å²) < 4.78 is 7.89. The fourth-order valence-electron chi connectivity index (χ4n) is 3.11. The number of hydrogen-bond acceptors (Lipinski definition) is 3. The number of benzene rings is 1. The third kappa shape index (κ3) is 2.32. The molecule has 0 fully saturated rings. The summed E-state index contributed by atoms with van der Waals surface area (Å²) in [5.74, 6) is 0.923. The lowest BCUT2D eigenvalue weighted by Gasteiger charge is -2.13. The quantitative estimate of drug-likeness (QED) is 0.710. The molecule has 0 amide bonds. The molecule has 0 saturated heterocycles. The van der Waals surface area contributed by atoms with E-state index in [9.17, 15) is 0 Å². The lowest BCUT2D eigenvalue weighted by Crippen LogP contribution is -2.19. The molecule has 1 aliphatic rings. The molecule has 0 atom stereocenters. The van der Waals surface area contributed by atoms with Crippen LogP contribution in [0.4, 0.5) is 0 Å². The van der Waals surface area contributed by atoms with Gasteiger partial charge in [-0.2, -0.15) is 5.10 Å². The molecule has 0 N–H and O–H groups in total. The SMILES string of the molecule is CN1CCc2c(Cl)ccc3oc(Cn4cc(Cl)cn4)c(c23)C1. The van der Waals surface area contributed by atoms with Crippen LogP contribution < -0.4 is 0 Å². The van der Waals surface area contributed by atoms with Gasteiger partial charge < -0.3 is 9.32 Å². The van der Waals surface area contributed by atoms with Crippen molar-refractivity contribution in [1.82, 2.24) is 14.7 Å². The van der Waals surface area contributed by atoms with Crippen molar-refractivity contribution >= 4 is 34.2 Å². The average molecular weight is 336 g/mol. The summed E-state index contributed by atoms with van der Waals surface area (Å²) in [4.78, 5) is 2.29. The zero-order valence-electron chi connectivity index (χ0n) is 12.1. The molecule has 0 aliphatic carbocycles. The Labute approximate surface area is 138 Å². The van der Waals surface area contributed by atoms with Crippen LogP contribution in [-0.2, 0) is 19.5 Å². The molecule has 3 aromatic rings. The van der Waals surface area contributed by atoms with Gasteiger partial charge in [0.05, 0.1) is 17.8 Å². The van der Waals surface area contributed by atoms with Gasteiger partial charge in [-0.05, 0) is 31.2 Å². The molecule has 0 radical (unpaired) electrons. The van der Waals surface area contributed by atoms with Gasteiger partial charge in [0.1, 0.15) is 11.3 Å². The summed E-state index contributed by atoms with van der Waals surface area (Å²) in [6.45, 7) is 2.41. The van der Waals surface area contributed by atoms with Crippen LogP contribution in [0.25, 0.3) is 11.0 Å². The first-order valence-electron chi connectivity index (χ1n) is 7.20. The van der Waals surface area contributed by atoms with E-state index in [1.165, 1.54) is 16.5 Å². The van der Waals surface area contributed by atoms with E-state index in [1.807, 2.05) is 12.1 Å². The van der Waals surface area contributed by atoms with Crippen molar-refractivity contribution in [1.29, 1.82) is 0 Å². The van der Waals surface area contributed by atoms with Crippen molar-refractivity contribution in [2.45, 2.75) is 19.5 Å². The van der Waals surface area contributed by atoms with Crippen LogP contribution in [0.5, 0.6) is 0 Å². The molecule has 6 heteroatoms. The predicted molar refractivity (Wildman–Crippen MR) is 87.6 cm³/mol. The van der Waals surface area contributed by atoms with E-state index in [4.69, 9.17) is 27.6 Å². The third-order valence-electron chi connectivity index (χ3n) is 4.17. The Kier molecular flexibility index (Phi) is 3.40. The second-order valence-corrected chi connectivity index (χ2v) is 6.59. The molecule has 2 aromatic heterocycles. The zero-order valence-corrected chi connectivity index (χ0v) is 13.7. The molecule has 1 aromatic carbocycles. The minimum absolute atomic E-state index is 0.571. The highest BCUT2D eigenvalue weighted by atomic mass is 35.5. The number of halogens is 2. The Morgan fingerprint density at radius 2 is 2.14 bits per heavy atom. The van der Waals surface area contributed by atoms with E-state index in [2.05, 4.69) is 17.0 Å². The van der Waals surface area contributed by atoms with Gasteiger partial charge in [0.2, 0.25) is 0 Å². The normalized spacial score (nSPS) is 15.4. The first kappa shape index (κ1) is 14.1. The smallest absolute Gasteiger partial charge is 0.135 e. The average Bonchev–Trinajstić information content (AvgIpc) is 2.97. The summed E-state index contributed by atoms with van der Waals surface area (Å²) in [6, 6.07) is 3.88. The van der Waals surface area contributed by atoms with Gasteiger partial charge in [0.15, 0.2) is 0 Å².